The fourth-order valence-electron chi connectivity index (χ4n) is 4.33. The lowest BCUT2D eigenvalue weighted by Gasteiger charge is -2.37. The van der Waals surface area contributed by atoms with E-state index in [-0.39, 0.29) is 6.09 Å². The summed E-state index contributed by atoms with van der Waals surface area (Å²) in [6.07, 6.45) is 20.4. The van der Waals surface area contributed by atoms with E-state index in [0.717, 1.165) is 50.2 Å². The number of carbonyl (C=O) groups excluding carboxylic acids is 1. The predicted octanol–water partition coefficient (Wildman–Crippen LogP) is 6.45. The molecule has 0 spiro atoms. The Morgan fingerprint density at radius 3 is 1.90 bits per heavy atom. The van der Waals surface area contributed by atoms with Gasteiger partial charge >= 0.3 is 6.09 Å². The van der Waals surface area contributed by atoms with Crippen LogP contribution in [0.1, 0.15) is 110 Å². The largest absolute Gasteiger partial charge is 0.450 e. The summed E-state index contributed by atoms with van der Waals surface area (Å²) >= 11 is 0. The monoisotopic (exact) mass is 441 g/mol. The van der Waals surface area contributed by atoms with Crippen LogP contribution in [0, 0.1) is 0 Å². The number of unbranched alkanes of at least 4 members (excludes halogenated alkanes) is 14. The molecule has 31 heavy (non-hydrogen) atoms. The highest BCUT2D eigenvalue weighted by Crippen LogP contribution is 2.12. The number of likely N-dealkylation sites (N-methyl/N-ethyl adjacent to an activating group) is 1. The minimum Gasteiger partial charge on any atom is -0.450 e. The molecule has 5 heteroatoms. The standard InChI is InChI=1S/C26H52N2O3/c1-3-4-5-6-7-8-9-10-11-12-15-18-23-31-26(29)27-19-16-13-14-17-20-28(2)21-24-30-25-22-28/h3-25H2,1-2H3/p+1. The lowest BCUT2D eigenvalue weighted by Crippen LogP contribution is -2.52. The second kappa shape index (κ2) is 19.8. The molecule has 1 aliphatic heterocycles. The van der Waals surface area contributed by atoms with Gasteiger partial charge in [0.25, 0.3) is 0 Å². The molecule has 0 unspecified atom stereocenters. The maximum absolute atomic E-state index is 11.7. The smallest absolute Gasteiger partial charge is 0.407 e. The third-order valence-electron chi connectivity index (χ3n) is 6.68. The van der Waals surface area contributed by atoms with Crippen molar-refractivity contribution in [2.75, 3.05) is 53.0 Å². The molecule has 1 amide bonds. The molecule has 184 valence electrons. The van der Waals surface area contributed by atoms with Crippen LogP contribution in [-0.2, 0) is 9.47 Å². The summed E-state index contributed by atoms with van der Waals surface area (Å²) in [6, 6.07) is 0. The second-order valence-electron chi connectivity index (χ2n) is 9.77. The van der Waals surface area contributed by atoms with Gasteiger partial charge in [0.15, 0.2) is 0 Å². The molecule has 0 bridgehead atoms. The Labute approximate surface area is 193 Å². The average Bonchev–Trinajstić information content (AvgIpc) is 2.76. The minimum absolute atomic E-state index is 0.241. The van der Waals surface area contributed by atoms with Crippen molar-refractivity contribution in [1.29, 1.82) is 0 Å². The average molecular weight is 442 g/mol. The van der Waals surface area contributed by atoms with Crippen molar-refractivity contribution in [3.63, 3.8) is 0 Å². The van der Waals surface area contributed by atoms with Gasteiger partial charge in [0.2, 0.25) is 0 Å². The SMILES string of the molecule is CCCCCCCCCCCCCCOC(=O)NCCCCCC[N+]1(C)CCOCC1. The Hall–Kier alpha value is -0.810. The number of alkyl carbamates (subject to hydrolysis) is 1. The summed E-state index contributed by atoms with van der Waals surface area (Å²) in [5.41, 5.74) is 0. The van der Waals surface area contributed by atoms with Crippen LogP contribution in [0.2, 0.25) is 0 Å². The third kappa shape index (κ3) is 17.4. The molecular formula is C26H53N2O3+. The fourth-order valence-corrected chi connectivity index (χ4v) is 4.33. The molecular weight excluding hydrogens is 388 g/mol. The first-order chi connectivity index (χ1) is 15.2. The van der Waals surface area contributed by atoms with E-state index in [9.17, 15) is 4.79 Å². The number of amides is 1. The predicted molar refractivity (Wildman–Crippen MR) is 131 cm³/mol. The summed E-state index contributed by atoms with van der Waals surface area (Å²) in [4.78, 5) is 11.7. The summed E-state index contributed by atoms with van der Waals surface area (Å²) < 4.78 is 11.9. The van der Waals surface area contributed by atoms with Crippen LogP contribution in [0.3, 0.4) is 0 Å². The van der Waals surface area contributed by atoms with E-state index in [4.69, 9.17) is 9.47 Å². The van der Waals surface area contributed by atoms with Crippen molar-refractivity contribution >= 4 is 6.09 Å². The Kier molecular flexibility index (Phi) is 18.1. The number of hydrogen-bond donors (Lipinski definition) is 1. The van der Waals surface area contributed by atoms with E-state index in [1.807, 2.05) is 0 Å². The first kappa shape index (κ1) is 28.2. The molecule has 0 aromatic carbocycles. The Morgan fingerprint density at radius 1 is 0.774 bits per heavy atom. The number of rotatable bonds is 20. The highest BCUT2D eigenvalue weighted by Gasteiger charge is 2.24. The fraction of sp³-hybridized carbons (Fsp3) is 0.962. The van der Waals surface area contributed by atoms with Crippen LogP contribution in [0.5, 0.6) is 0 Å². The first-order valence-electron chi connectivity index (χ1n) is 13.5. The number of carbonyl (C=O) groups is 1. The normalized spacial score (nSPS) is 15.7. The molecule has 1 heterocycles. The van der Waals surface area contributed by atoms with Crippen molar-refractivity contribution in [1.82, 2.24) is 5.32 Å². The maximum atomic E-state index is 11.7. The minimum atomic E-state index is -0.241. The highest BCUT2D eigenvalue weighted by molar-refractivity contribution is 5.66. The van der Waals surface area contributed by atoms with E-state index in [1.54, 1.807) is 0 Å². The highest BCUT2D eigenvalue weighted by atomic mass is 16.5. The number of nitrogens with zero attached hydrogens (tertiary/aromatic N) is 1. The lowest BCUT2D eigenvalue weighted by molar-refractivity contribution is -0.917. The molecule has 0 atom stereocenters. The van der Waals surface area contributed by atoms with Gasteiger partial charge in [0, 0.05) is 6.54 Å². The van der Waals surface area contributed by atoms with Crippen LogP contribution in [0.25, 0.3) is 0 Å². The Morgan fingerprint density at radius 2 is 1.29 bits per heavy atom. The van der Waals surface area contributed by atoms with Crippen LogP contribution in [0.4, 0.5) is 4.79 Å². The summed E-state index contributed by atoms with van der Waals surface area (Å²) in [6.45, 7) is 8.91. The topological polar surface area (TPSA) is 47.6 Å². The zero-order valence-electron chi connectivity index (χ0n) is 20.9. The molecule has 0 aliphatic carbocycles. The molecule has 0 aromatic heterocycles. The van der Waals surface area contributed by atoms with Crippen molar-refractivity contribution in [2.24, 2.45) is 0 Å². The second-order valence-corrected chi connectivity index (χ2v) is 9.77. The van der Waals surface area contributed by atoms with Gasteiger partial charge in [-0.25, -0.2) is 4.79 Å². The summed E-state index contributed by atoms with van der Waals surface area (Å²) in [7, 11) is 2.34. The van der Waals surface area contributed by atoms with Gasteiger partial charge in [-0.1, -0.05) is 84.0 Å². The molecule has 5 nitrogen and oxygen atoms in total. The zero-order valence-corrected chi connectivity index (χ0v) is 20.9. The van der Waals surface area contributed by atoms with Crippen molar-refractivity contribution in [3.8, 4) is 0 Å². The number of nitrogens with one attached hydrogen (secondary N) is 1. The van der Waals surface area contributed by atoms with Crippen molar-refractivity contribution < 1.29 is 18.8 Å². The van der Waals surface area contributed by atoms with Gasteiger partial charge in [-0.3, -0.25) is 0 Å². The van der Waals surface area contributed by atoms with Crippen LogP contribution in [0.15, 0.2) is 0 Å². The molecule has 1 aliphatic rings. The van der Waals surface area contributed by atoms with Gasteiger partial charge in [0.1, 0.15) is 13.1 Å². The van der Waals surface area contributed by atoms with Gasteiger partial charge in [-0.05, 0) is 25.7 Å². The van der Waals surface area contributed by atoms with Crippen molar-refractivity contribution in [2.45, 2.75) is 110 Å². The number of hydrogen-bond acceptors (Lipinski definition) is 3. The van der Waals surface area contributed by atoms with Crippen LogP contribution < -0.4 is 5.32 Å². The van der Waals surface area contributed by atoms with Crippen LogP contribution in [-0.4, -0.2) is 63.6 Å². The van der Waals surface area contributed by atoms with Crippen LogP contribution >= 0.6 is 0 Å². The van der Waals surface area contributed by atoms with Crippen molar-refractivity contribution in [3.05, 3.63) is 0 Å². The van der Waals surface area contributed by atoms with E-state index in [2.05, 4.69) is 19.3 Å². The molecule has 0 saturated carbocycles. The number of morpholine rings is 1. The summed E-state index contributed by atoms with van der Waals surface area (Å²) in [5.74, 6) is 0. The molecule has 1 saturated heterocycles. The quantitative estimate of drug-likeness (QED) is 0.174. The maximum Gasteiger partial charge on any atom is 0.407 e. The van der Waals surface area contributed by atoms with Gasteiger partial charge < -0.3 is 19.3 Å². The van der Waals surface area contributed by atoms with E-state index < -0.39 is 0 Å². The summed E-state index contributed by atoms with van der Waals surface area (Å²) in [5, 5.41) is 2.89. The lowest BCUT2D eigenvalue weighted by atomic mass is 10.1. The Balaban J connectivity index is 1.76. The number of ether oxygens (including phenoxy) is 2. The van der Waals surface area contributed by atoms with Gasteiger partial charge in [-0.15, -0.1) is 0 Å². The van der Waals surface area contributed by atoms with Gasteiger partial charge in [-0.2, -0.15) is 0 Å². The molecule has 1 N–H and O–H groups in total. The van der Waals surface area contributed by atoms with E-state index in [1.165, 1.54) is 96.4 Å². The number of quaternary nitrogens is 1. The van der Waals surface area contributed by atoms with E-state index in [0.29, 0.717) is 6.61 Å². The van der Waals surface area contributed by atoms with E-state index >= 15 is 0 Å². The molecule has 1 fully saturated rings. The zero-order chi connectivity index (χ0) is 22.5. The molecule has 0 radical (unpaired) electrons. The molecule has 0 aromatic rings. The Bertz CT molecular complexity index is 411. The third-order valence-corrected chi connectivity index (χ3v) is 6.68. The van der Waals surface area contributed by atoms with Gasteiger partial charge in [0.05, 0.1) is 33.4 Å². The first-order valence-corrected chi connectivity index (χ1v) is 13.5. The molecule has 1 rings (SSSR count).